The van der Waals surface area contributed by atoms with Crippen molar-refractivity contribution in [3.8, 4) is 0 Å². The van der Waals surface area contributed by atoms with Crippen molar-refractivity contribution < 1.29 is 9.15 Å². The summed E-state index contributed by atoms with van der Waals surface area (Å²) < 4.78 is 10.9. The van der Waals surface area contributed by atoms with Crippen molar-refractivity contribution >= 4 is 0 Å². The van der Waals surface area contributed by atoms with Gasteiger partial charge in [0.2, 0.25) is 11.8 Å². The molecule has 1 heterocycles. The van der Waals surface area contributed by atoms with Gasteiger partial charge in [-0.15, -0.1) is 10.2 Å². The van der Waals surface area contributed by atoms with Crippen LogP contribution in [0.15, 0.2) is 4.42 Å². The lowest BCUT2D eigenvalue weighted by Gasteiger charge is -2.10. The summed E-state index contributed by atoms with van der Waals surface area (Å²) in [4.78, 5) is 0. The highest BCUT2D eigenvalue weighted by Crippen LogP contribution is 2.15. The quantitative estimate of drug-likeness (QED) is 0.772. The number of hydrogen-bond acceptors (Lipinski definition) is 5. The first kappa shape index (κ1) is 13.1. The van der Waals surface area contributed by atoms with Crippen LogP contribution >= 0.6 is 0 Å². The zero-order valence-electron chi connectivity index (χ0n) is 10.5. The minimum Gasteiger partial charge on any atom is -0.421 e. The van der Waals surface area contributed by atoms with Crippen LogP contribution in [0.5, 0.6) is 0 Å². The van der Waals surface area contributed by atoms with Crippen LogP contribution in [0.1, 0.15) is 51.9 Å². The van der Waals surface area contributed by atoms with E-state index in [9.17, 15) is 0 Å². The standard InChI is InChI=1S/C11H21N3O2/c1-5-9(12-6-2)11-14-13-10(16-11)7-15-8(3)4/h8-9,12H,5-7H2,1-4H3. The summed E-state index contributed by atoms with van der Waals surface area (Å²) in [5.74, 6) is 1.19. The molecule has 1 aromatic rings. The molecule has 0 aliphatic rings. The van der Waals surface area contributed by atoms with Crippen LogP contribution in [0.25, 0.3) is 0 Å². The summed E-state index contributed by atoms with van der Waals surface area (Å²) >= 11 is 0. The Morgan fingerprint density at radius 1 is 1.31 bits per heavy atom. The first-order valence-electron chi connectivity index (χ1n) is 5.84. The Kier molecular flexibility index (Phi) is 5.42. The smallest absolute Gasteiger partial charge is 0.242 e. The molecule has 1 N–H and O–H groups in total. The molecule has 1 unspecified atom stereocenters. The molecular weight excluding hydrogens is 206 g/mol. The van der Waals surface area contributed by atoms with E-state index in [4.69, 9.17) is 9.15 Å². The summed E-state index contributed by atoms with van der Waals surface area (Å²) in [6, 6.07) is 0.144. The van der Waals surface area contributed by atoms with Gasteiger partial charge in [-0.2, -0.15) is 0 Å². The number of rotatable bonds is 7. The van der Waals surface area contributed by atoms with E-state index in [-0.39, 0.29) is 12.1 Å². The predicted molar refractivity (Wildman–Crippen MR) is 60.9 cm³/mol. The predicted octanol–water partition coefficient (Wildman–Crippen LogP) is 2.06. The second kappa shape index (κ2) is 6.60. The molecule has 0 aliphatic heterocycles. The molecule has 1 aromatic heterocycles. The Bertz CT molecular complexity index is 299. The number of nitrogens with one attached hydrogen (secondary N) is 1. The topological polar surface area (TPSA) is 60.2 Å². The SMILES string of the molecule is CCNC(CC)c1nnc(COC(C)C)o1. The van der Waals surface area contributed by atoms with Gasteiger partial charge in [-0.05, 0) is 26.8 Å². The van der Waals surface area contributed by atoms with E-state index in [0.29, 0.717) is 18.4 Å². The molecule has 16 heavy (non-hydrogen) atoms. The molecule has 0 aromatic carbocycles. The van der Waals surface area contributed by atoms with Gasteiger partial charge in [0.15, 0.2) is 0 Å². The van der Waals surface area contributed by atoms with E-state index >= 15 is 0 Å². The van der Waals surface area contributed by atoms with Gasteiger partial charge in [-0.3, -0.25) is 0 Å². The van der Waals surface area contributed by atoms with Gasteiger partial charge in [0.05, 0.1) is 12.1 Å². The van der Waals surface area contributed by atoms with Crippen molar-refractivity contribution in [1.29, 1.82) is 0 Å². The van der Waals surface area contributed by atoms with Gasteiger partial charge in [-0.25, -0.2) is 0 Å². The van der Waals surface area contributed by atoms with Crippen molar-refractivity contribution in [2.45, 2.75) is 52.9 Å². The molecular formula is C11H21N3O2. The van der Waals surface area contributed by atoms with Crippen LogP contribution in [0.3, 0.4) is 0 Å². The van der Waals surface area contributed by atoms with Crippen molar-refractivity contribution in [3.05, 3.63) is 11.8 Å². The lowest BCUT2D eigenvalue weighted by atomic mass is 10.2. The Labute approximate surface area is 96.6 Å². The minimum atomic E-state index is 0.144. The maximum Gasteiger partial charge on any atom is 0.242 e. The second-order valence-electron chi connectivity index (χ2n) is 3.91. The maximum absolute atomic E-state index is 5.53. The highest BCUT2D eigenvalue weighted by molar-refractivity contribution is 4.88. The monoisotopic (exact) mass is 227 g/mol. The van der Waals surface area contributed by atoms with Crippen LogP contribution < -0.4 is 5.32 Å². The zero-order valence-corrected chi connectivity index (χ0v) is 10.5. The Balaban J connectivity index is 2.55. The fourth-order valence-electron chi connectivity index (χ4n) is 1.36. The van der Waals surface area contributed by atoms with Crippen LogP contribution in [-0.4, -0.2) is 22.8 Å². The first-order chi connectivity index (χ1) is 7.67. The summed E-state index contributed by atoms with van der Waals surface area (Å²) in [7, 11) is 0. The molecule has 92 valence electrons. The Morgan fingerprint density at radius 3 is 2.62 bits per heavy atom. The van der Waals surface area contributed by atoms with E-state index in [1.807, 2.05) is 13.8 Å². The summed E-state index contributed by atoms with van der Waals surface area (Å²) in [5, 5.41) is 11.3. The molecule has 0 bridgehead atoms. The highest BCUT2D eigenvalue weighted by Gasteiger charge is 2.15. The normalized spacial score (nSPS) is 13.3. The molecule has 0 saturated heterocycles. The largest absolute Gasteiger partial charge is 0.421 e. The third-order valence-electron chi connectivity index (χ3n) is 2.18. The maximum atomic E-state index is 5.53. The molecule has 0 saturated carbocycles. The molecule has 0 radical (unpaired) electrons. The lowest BCUT2D eigenvalue weighted by Crippen LogP contribution is -2.20. The molecule has 1 rings (SSSR count). The van der Waals surface area contributed by atoms with Crippen LogP contribution in [-0.2, 0) is 11.3 Å². The summed E-state index contributed by atoms with van der Waals surface area (Å²) in [6.07, 6.45) is 1.10. The fourth-order valence-corrected chi connectivity index (χ4v) is 1.36. The van der Waals surface area contributed by atoms with Gasteiger partial charge in [0, 0.05) is 0 Å². The minimum absolute atomic E-state index is 0.144. The van der Waals surface area contributed by atoms with E-state index in [1.165, 1.54) is 0 Å². The van der Waals surface area contributed by atoms with Gasteiger partial charge >= 0.3 is 0 Å². The molecule has 5 heteroatoms. The van der Waals surface area contributed by atoms with Crippen molar-refractivity contribution in [3.63, 3.8) is 0 Å². The van der Waals surface area contributed by atoms with Gasteiger partial charge in [0.25, 0.3) is 0 Å². The van der Waals surface area contributed by atoms with E-state index in [1.54, 1.807) is 0 Å². The fraction of sp³-hybridized carbons (Fsp3) is 0.818. The number of hydrogen-bond donors (Lipinski definition) is 1. The third kappa shape index (κ3) is 3.90. The number of nitrogens with zero attached hydrogens (tertiary/aromatic N) is 2. The molecule has 5 nitrogen and oxygen atoms in total. The number of aromatic nitrogens is 2. The van der Waals surface area contributed by atoms with Crippen LogP contribution in [0.4, 0.5) is 0 Å². The van der Waals surface area contributed by atoms with E-state index in [2.05, 4.69) is 29.4 Å². The first-order valence-corrected chi connectivity index (χ1v) is 5.84. The molecule has 0 spiro atoms. The van der Waals surface area contributed by atoms with Gasteiger partial charge in [-0.1, -0.05) is 13.8 Å². The zero-order chi connectivity index (χ0) is 12.0. The number of ether oxygens (including phenoxy) is 1. The average Bonchev–Trinajstić information content (AvgIpc) is 2.71. The lowest BCUT2D eigenvalue weighted by molar-refractivity contribution is 0.0507. The summed E-state index contributed by atoms with van der Waals surface area (Å²) in [5.41, 5.74) is 0. The van der Waals surface area contributed by atoms with Gasteiger partial charge in [0.1, 0.15) is 6.61 Å². The molecule has 0 aliphatic carbocycles. The van der Waals surface area contributed by atoms with Gasteiger partial charge < -0.3 is 14.5 Å². The second-order valence-corrected chi connectivity index (χ2v) is 3.91. The average molecular weight is 227 g/mol. The van der Waals surface area contributed by atoms with E-state index < -0.39 is 0 Å². The van der Waals surface area contributed by atoms with Crippen molar-refractivity contribution in [1.82, 2.24) is 15.5 Å². The van der Waals surface area contributed by atoms with Crippen LogP contribution in [0, 0.1) is 0 Å². The molecule has 0 amide bonds. The third-order valence-corrected chi connectivity index (χ3v) is 2.18. The van der Waals surface area contributed by atoms with Crippen molar-refractivity contribution in [2.75, 3.05) is 6.54 Å². The molecule has 1 atom stereocenters. The Hall–Kier alpha value is -0.940. The highest BCUT2D eigenvalue weighted by atomic mass is 16.5. The summed E-state index contributed by atoms with van der Waals surface area (Å²) in [6.45, 7) is 9.37. The van der Waals surface area contributed by atoms with Crippen LogP contribution in [0.2, 0.25) is 0 Å². The van der Waals surface area contributed by atoms with Crippen molar-refractivity contribution in [2.24, 2.45) is 0 Å². The Morgan fingerprint density at radius 2 is 2.06 bits per heavy atom. The van der Waals surface area contributed by atoms with E-state index in [0.717, 1.165) is 13.0 Å². The molecule has 0 fully saturated rings.